The molecule has 0 unspecified atom stereocenters. The first-order valence-corrected chi connectivity index (χ1v) is 3.84. The van der Waals surface area contributed by atoms with Crippen molar-refractivity contribution in [2.24, 2.45) is 10.8 Å². The predicted molar refractivity (Wildman–Crippen MR) is 41.7 cm³/mol. The molecule has 2 heteroatoms. The van der Waals surface area contributed by atoms with Gasteiger partial charge in [-0.1, -0.05) is 13.8 Å². The Morgan fingerprint density at radius 3 is 2.00 bits per heavy atom. The Morgan fingerprint density at radius 1 is 1.45 bits per heavy atom. The molecule has 1 saturated carbocycles. The van der Waals surface area contributed by atoms with Crippen LogP contribution in [0.15, 0.2) is 0 Å². The van der Waals surface area contributed by atoms with Gasteiger partial charge in [0.05, 0.1) is 6.07 Å². The number of ketones is 1. The molecule has 1 fully saturated rings. The van der Waals surface area contributed by atoms with Crippen LogP contribution in [-0.4, -0.2) is 5.78 Å². The van der Waals surface area contributed by atoms with Gasteiger partial charge in [-0.25, -0.2) is 0 Å². The van der Waals surface area contributed by atoms with E-state index in [2.05, 4.69) is 19.9 Å². The number of nitrogens with zero attached hydrogens (tertiary/aromatic N) is 1. The molecule has 60 valence electrons. The standard InChI is InChI=1S/C9H13NO/c1-7(11)9(6-10)4-8(2,3)5-9/h4-5H2,1-3H3. The Hall–Kier alpha value is -0.840. The van der Waals surface area contributed by atoms with E-state index in [-0.39, 0.29) is 11.2 Å². The normalized spacial score (nSPS) is 24.9. The lowest BCUT2D eigenvalue weighted by Gasteiger charge is -2.47. The second-order valence-corrected chi connectivity index (χ2v) is 4.27. The van der Waals surface area contributed by atoms with Crippen LogP contribution in [0.2, 0.25) is 0 Å². The molecule has 0 spiro atoms. The lowest BCUT2D eigenvalue weighted by molar-refractivity contribution is -0.133. The summed E-state index contributed by atoms with van der Waals surface area (Å²) in [5.41, 5.74) is -0.440. The fourth-order valence-electron chi connectivity index (χ4n) is 1.99. The maximum Gasteiger partial charge on any atom is 0.150 e. The molecular weight excluding hydrogens is 138 g/mol. The fraction of sp³-hybridized carbons (Fsp3) is 0.778. The molecule has 1 aliphatic rings. The summed E-state index contributed by atoms with van der Waals surface area (Å²) in [4.78, 5) is 11.0. The molecule has 0 amide bonds. The van der Waals surface area contributed by atoms with E-state index in [9.17, 15) is 4.79 Å². The highest BCUT2D eigenvalue weighted by molar-refractivity contribution is 5.86. The van der Waals surface area contributed by atoms with Crippen molar-refractivity contribution in [2.45, 2.75) is 33.6 Å². The van der Waals surface area contributed by atoms with E-state index in [0.717, 1.165) is 12.8 Å². The van der Waals surface area contributed by atoms with E-state index in [0.29, 0.717) is 0 Å². The van der Waals surface area contributed by atoms with Crippen LogP contribution in [0.3, 0.4) is 0 Å². The third-order valence-electron chi connectivity index (χ3n) is 2.45. The summed E-state index contributed by atoms with van der Waals surface area (Å²) >= 11 is 0. The molecule has 0 bridgehead atoms. The van der Waals surface area contributed by atoms with Crippen molar-refractivity contribution < 1.29 is 4.79 Å². The molecule has 0 radical (unpaired) electrons. The molecule has 0 aromatic carbocycles. The molecule has 2 nitrogen and oxygen atoms in total. The summed E-state index contributed by atoms with van der Waals surface area (Å²) in [6, 6.07) is 2.12. The summed E-state index contributed by atoms with van der Waals surface area (Å²) < 4.78 is 0. The Balaban J connectivity index is 2.75. The van der Waals surface area contributed by atoms with Gasteiger partial charge in [-0.05, 0) is 25.2 Å². The Kier molecular flexibility index (Phi) is 1.56. The number of Topliss-reactive ketones (excluding diaryl/α,β-unsaturated/α-hetero) is 1. The van der Waals surface area contributed by atoms with Crippen molar-refractivity contribution in [3.8, 4) is 6.07 Å². The lowest BCUT2D eigenvalue weighted by atomic mass is 9.53. The smallest absolute Gasteiger partial charge is 0.150 e. The Bertz CT molecular complexity index is 226. The molecule has 0 atom stereocenters. The van der Waals surface area contributed by atoms with Crippen LogP contribution in [0.1, 0.15) is 33.6 Å². The molecule has 1 rings (SSSR count). The van der Waals surface area contributed by atoms with E-state index in [1.165, 1.54) is 6.92 Å². The minimum absolute atomic E-state index is 0.0272. The summed E-state index contributed by atoms with van der Waals surface area (Å²) in [6.45, 7) is 5.69. The summed E-state index contributed by atoms with van der Waals surface area (Å²) in [5.74, 6) is 0.0272. The molecule has 11 heavy (non-hydrogen) atoms. The van der Waals surface area contributed by atoms with Gasteiger partial charge in [0.1, 0.15) is 11.2 Å². The molecule has 0 N–H and O–H groups in total. The van der Waals surface area contributed by atoms with Crippen molar-refractivity contribution in [1.29, 1.82) is 5.26 Å². The monoisotopic (exact) mass is 151 g/mol. The number of carbonyl (C=O) groups excluding carboxylic acids is 1. The quantitative estimate of drug-likeness (QED) is 0.574. The first kappa shape index (κ1) is 8.26. The molecule has 0 saturated heterocycles. The fourth-order valence-corrected chi connectivity index (χ4v) is 1.99. The molecular formula is C9H13NO. The van der Waals surface area contributed by atoms with Gasteiger partial charge in [-0.2, -0.15) is 5.26 Å². The van der Waals surface area contributed by atoms with Gasteiger partial charge >= 0.3 is 0 Å². The van der Waals surface area contributed by atoms with Crippen molar-refractivity contribution in [2.75, 3.05) is 0 Å². The van der Waals surface area contributed by atoms with Crippen LogP contribution in [0.25, 0.3) is 0 Å². The van der Waals surface area contributed by atoms with Gasteiger partial charge in [0, 0.05) is 0 Å². The van der Waals surface area contributed by atoms with Gasteiger partial charge in [0.15, 0.2) is 0 Å². The maximum atomic E-state index is 11.0. The summed E-state index contributed by atoms with van der Waals surface area (Å²) in [5, 5.41) is 8.77. The predicted octanol–water partition coefficient (Wildman–Crippen LogP) is 1.91. The van der Waals surface area contributed by atoms with Gasteiger partial charge in [0.2, 0.25) is 0 Å². The molecule has 0 heterocycles. The number of hydrogen-bond acceptors (Lipinski definition) is 2. The molecule has 0 aromatic rings. The van der Waals surface area contributed by atoms with Crippen molar-refractivity contribution >= 4 is 5.78 Å². The van der Waals surface area contributed by atoms with Crippen LogP contribution >= 0.6 is 0 Å². The van der Waals surface area contributed by atoms with Gasteiger partial charge in [0.25, 0.3) is 0 Å². The number of hydrogen-bond donors (Lipinski definition) is 0. The number of nitriles is 1. The summed E-state index contributed by atoms with van der Waals surface area (Å²) in [6.07, 6.45) is 1.46. The van der Waals surface area contributed by atoms with Gasteiger partial charge in [-0.15, -0.1) is 0 Å². The molecule has 1 aliphatic carbocycles. The minimum Gasteiger partial charge on any atom is -0.298 e. The highest BCUT2D eigenvalue weighted by Gasteiger charge is 2.52. The van der Waals surface area contributed by atoms with Crippen molar-refractivity contribution in [1.82, 2.24) is 0 Å². The maximum absolute atomic E-state index is 11.0. The zero-order valence-electron chi connectivity index (χ0n) is 7.27. The van der Waals surface area contributed by atoms with Crippen molar-refractivity contribution in [3.05, 3.63) is 0 Å². The lowest BCUT2D eigenvalue weighted by Crippen LogP contribution is -2.46. The average molecular weight is 151 g/mol. The van der Waals surface area contributed by atoms with Crippen LogP contribution in [0.5, 0.6) is 0 Å². The largest absolute Gasteiger partial charge is 0.298 e. The van der Waals surface area contributed by atoms with Crippen LogP contribution in [-0.2, 0) is 4.79 Å². The third-order valence-corrected chi connectivity index (χ3v) is 2.45. The van der Waals surface area contributed by atoms with Gasteiger partial charge < -0.3 is 0 Å². The topological polar surface area (TPSA) is 40.9 Å². The van der Waals surface area contributed by atoms with Crippen molar-refractivity contribution in [3.63, 3.8) is 0 Å². The SMILES string of the molecule is CC(=O)C1(C#N)CC(C)(C)C1. The third kappa shape index (κ3) is 1.16. The van der Waals surface area contributed by atoms with Crippen LogP contribution in [0.4, 0.5) is 0 Å². The van der Waals surface area contributed by atoms with Gasteiger partial charge in [-0.3, -0.25) is 4.79 Å². The number of rotatable bonds is 1. The van der Waals surface area contributed by atoms with E-state index in [4.69, 9.17) is 5.26 Å². The number of carbonyl (C=O) groups is 1. The summed E-state index contributed by atoms with van der Waals surface area (Å²) in [7, 11) is 0. The molecule has 0 aliphatic heterocycles. The van der Waals surface area contributed by atoms with Crippen LogP contribution in [0, 0.1) is 22.2 Å². The Labute approximate surface area is 67.2 Å². The van der Waals surface area contributed by atoms with Crippen LogP contribution < -0.4 is 0 Å². The molecule has 0 aromatic heterocycles. The highest BCUT2D eigenvalue weighted by atomic mass is 16.1. The van der Waals surface area contributed by atoms with E-state index in [1.54, 1.807) is 0 Å². The van der Waals surface area contributed by atoms with E-state index >= 15 is 0 Å². The second kappa shape index (κ2) is 2.07. The zero-order valence-corrected chi connectivity index (χ0v) is 7.27. The first-order valence-electron chi connectivity index (χ1n) is 3.84. The van der Waals surface area contributed by atoms with E-state index in [1.807, 2.05) is 0 Å². The average Bonchev–Trinajstić information content (AvgIpc) is 1.81. The second-order valence-electron chi connectivity index (χ2n) is 4.27. The first-order chi connectivity index (χ1) is 4.92. The minimum atomic E-state index is -0.635. The Morgan fingerprint density at radius 2 is 1.91 bits per heavy atom. The highest BCUT2D eigenvalue weighted by Crippen LogP contribution is 2.54. The zero-order chi connectivity index (χ0) is 8.70. The van der Waals surface area contributed by atoms with E-state index < -0.39 is 5.41 Å².